The summed E-state index contributed by atoms with van der Waals surface area (Å²) in [6.45, 7) is 0. The Morgan fingerprint density at radius 3 is 2.56 bits per heavy atom. The topological polar surface area (TPSA) is 21.3 Å². The monoisotopic (exact) mass is 323 g/mol. The van der Waals surface area contributed by atoms with E-state index in [2.05, 4.69) is 21.2 Å². The lowest BCUT2D eigenvalue weighted by molar-refractivity contribution is -0.138. The molecule has 1 saturated carbocycles. The molecule has 0 aromatic heterocycles. The minimum absolute atomic E-state index is 0.0592. The van der Waals surface area contributed by atoms with E-state index < -0.39 is 11.7 Å². The summed E-state index contributed by atoms with van der Waals surface area (Å²) in [6.07, 6.45) is -2.47. The molecule has 0 unspecified atom stereocenters. The van der Waals surface area contributed by atoms with Crippen LogP contribution in [0.5, 0.6) is 0 Å². The molecule has 1 aromatic rings. The molecule has 0 aliphatic heterocycles. The minimum Gasteiger partial charge on any atom is -0.382 e. The van der Waals surface area contributed by atoms with Gasteiger partial charge in [0.2, 0.25) is 0 Å². The van der Waals surface area contributed by atoms with Gasteiger partial charge in [-0.3, -0.25) is 0 Å². The largest absolute Gasteiger partial charge is 0.417 e. The van der Waals surface area contributed by atoms with Gasteiger partial charge >= 0.3 is 6.18 Å². The first kappa shape index (κ1) is 13.7. The molecule has 6 heteroatoms. The molecule has 1 aliphatic rings. The molecule has 0 spiro atoms. The normalized spacial score (nSPS) is 23.6. The molecule has 0 heterocycles. The number of benzene rings is 1. The molecular formula is C12H13BrF3NO. The molecule has 1 N–H and O–H groups in total. The first-order valence-corrected chi connectivity index (χ1v) is 6.35. The lowest BCUT2D eigenvalue weighted by Crippen LogP contribution is -2.40. The number of ether oxygens (including phenoxy) is 1. The maximum atomic E-state index is 12.7. The highest BCUT2D eigenvalue weighted by atomic mass is 79.9. The number of rotatable bonds is 3. The molecule has 0 radical (unpaired) electrons. The van der Waals surface area contributed by atoms with Crippen molar-refractivity contribution < 1.29 is 17.9 Å². The number of alkyl halides is 3. The standard InChI is InChI=1S/C12H13BrF3NO/c1-18-9-4-8(5-9)17-7-2-3-11(13)10(6-7)12(14,15)16/h2-3,6,8-9,17H,4-5H2,1H3. The first-order valence-electron chi connectivity index (χ1n) is 5.56. The molecule has 2 rings (SSSR count). The Morgan fingerprint density at radius 1 is 1.33 bits per heavy atom. The second-order valence-electron chi connectivity index (χ2n) is 4.36. The predicted octanol–water partition coefficient (Wildman–Crippen LogP) is 4.06. The van der Waals surface area contributed by atoms with Gasteiger partial charge in [-0.15, -0.1) is 0 Å². The van der Waals surface area contributed by atoms with Gasteiger partial charge in [0.1, 0.15) is 0 Å². The Hall–Kier alpha value is -0.750. The average Bonchev–Trinajstić information content (AvgIpc) is 2.23. The predicted molar refractivity (Wildman–Crippen MR) is 66.6 cm³/mol. The van der Waals surface area contributed by atoms with Crippen LogP contribution in [0, 0.1) is 0 Å². The number of hydrogen-bond donors (Lipinski definition) is 1. The molecule has 0 atom stereocenters. The zero-order valence-electron chi connectivity index (χ0n) is 9.72. The van der Waals surface area contributed by atoms with Gasteiger partial charge in [0.05, 0.1) is 11.7 Å². The van der Waals surface area contributed by atoms with E-state index in [1.54, 1.807) is 13.2 Å². The Bertz CT molecular complexity index is 430. The molecule has 0 bridgehead atoms. The van der Waals surface area contributed by atoms with E-state index in [4.69, 9.17) is 4.74 Å². The molecule has 18 heavy (non-hydrogen) atoms. The molecule has 2 nitrogen and oxygen atoms in total. The van der Waals surface area contributed by atoms with E-state index in [1.807, 2.05) is 0 Å². The summed E-state index contributed by atoms with van der Waals surface area (Å²) in [5.74, 6) is 0. The molecular weight excluding hydrogens is 311 g/mol. The Kier molecular flexibility index (Phi) is 3.87. The zero-order valence-corrected chi connectivity index (χ0v) is 11.3. The van der Waals surface area contributed by atoms with Crippen molar-refractivity contribution in [2.75, 3.05) is 12.4 Å². The lowest BCUT2D eigenvalue weighted by atomic mass is 9.89. The third-order valence-corrected chi connectivity index (χ3v) is 3.76. The number of nitrogens with one attached hydrogen (secondary N) is 1. The second-order valence-corrected chi connectivity index (χ2v) is 5.22. The number of anilines is 1. The van der Waals surface area contributed by atoms with Crippen LogP contribution in [0.25, 0.3) is 0 Å². The van der Waals surface area contributed by atoms with Crippen LogP contribution in [-0.4, -0.2) is 19.3 Å². The second kappa shape index (κ2) is 5.09. The van der Waals surface area contributed by atoms with Crippen molar-refractivity contribution in [3.8, 4) is 0 Å². The van der Waals surface area contributed by atoms with Crippen molar-refractivity contribution >= 4 is 21.6 Å². The van der Waals surface area contributed by atoms with Gasteiger partial charge in [0, 0.05) is 23.3 Å². The maximum absolute atomic E-state index is 12.7. The van der Waals surface area contributed by atoms with E-state index in [1.165, 1.54) is 6.07 Å². The summed E-state index contributed by atoms with van der Waals surface area (Å²) in [5, 5.41) is 3.08. The molecule has 0 saturated heterocycles. The smallest absolute Gasteiger partial charge is 0.382 e. The van der Waals surface area contributed by atoms with Gasteiger partial charge in [-0.25, -0.2) is 0 Å². The van der Waals surface area contributed by atoms with E-state index in [0.29, 0.717) is 5.69 Å². The van der Waals surface area contributed by atoms with Crippen molar-refractivity contribution in [1.29, 1.82) is 0 Å². The SMILES string of the molecule is COC1CC(Nc2ccc(Br)c(C(F)(F)F)c2)C1. The molecule has 0 amide bonds. The third kappa shape index (κ3) is 2.98. The third-order valence-electron chi connectivity index (χ3n) is 3.07. The van der Waals surface area contributed by atoms with Crippen molar-refractivity contribution in [1.82, 2.24) is 0 Å². The van der Waals surface area contributed by atoms with Crippen molar-refractivity contribution in [2.24, 2.45) is 0 Å². The molecule has 100 valence electrons. The summed E-state index contributed by atoms with van der Waals surface area (Å²) >= 11 is 2.92. The van der Waals surface area contributed by atoms with Gasteiger partial charge in [-0.2, -0.15) is 13.2 Å². The van der Waals surface area contributed by atoms with Crippen LogP contribution in [0.15, 0.2) is 22.7 Å². The van der Waals surface area contributed by atoms with E-state index in [0.717, 1.165) is 18.9 Å². The van der Waals surface area contributed by atoms with E-state index in [9.17, 15) is 13.2 Å². The maximum Gasteiger partial charge on any atom is 0.417 e. The van der Waals surface area contributed by atoms with Crippen LogP contribution in [0.3, 0.4) is 0 Å². The first-order chi connectivity index (χ1) is 8.40. The van der Waals surface area contributed by atoms with Crippen LogP contribution in [0.1, 0.15) is 18.4 Å². The van der Waals surface area contributed by atoms with Crippen LogP contribution < -0.4 is 5.32 Å². The quantitative estimate of drug-likeness (QED) is 0.905. The molecule has 1 aromatic carbocycles. The summed E-state index contributed by atoms with van der Waals surface area (Å²) in [5.41, 5.74) is -0.166. The Balaban J connectivity index is 2.06. The van der Waals surface area contributed by atoms with Crippen LogP contribution >= 0.6 is 15.9 Å². The number of methoxy groups -OCH3 is 1. The van der Waals surface area contributed by atoms with Gasteiger partial charge in [0.15, 0.2) is 0 Å². The summed E-state index contributed by atoms with van der Waals surface area (Å²) in [4.78, 5) is 0. The van der Waals surface area contributed by atoms with Crippen LogP contribution in [-0.2, 0) is 10.9 Å². The fraction of sp³-hybridized carbons (Fsp3) is 0.500. The number of hydrogen-bond acceptors (Lipinski definition) is 2. The van der Waals surface area contributed by atoms with Gasteiger partial charge in [0.25, 0.3) is 0 Å². The van der Waals surface area contributed by atoms with E-state index >= 15 is 0 Å². The highest BCUT2D eigenvalue weighted by Crippen LogP contribution is 2.37. The van der Waals surface area contributed by atoms with E-state index in [-0.39, 0.29) is 16.6 Å². The Morgan fingerprint density at radius 2 is 2.00 bits per heavy atom. The highest BCUT2D eigenvalue weighted by Gasteiger charge is 2.34. The highest BCUT2D eigenvalue weighted by molar-refractivity contribution is 9.10. The number of halogens is 4. The summed E-state index contributed by atoms with van der Waals surface area (Å²) in [7, 11) is 1.64. The van der Waals surface area contributed by atoms with Gasteiger partial charge < -0.3 is 10.1 Å². The fourth-order valence-electron chi connectivity index (χ4n) is 1.94. The zero-order chi connectivity index (χ0) is 13.3. The van der Waals surface area contributed by atoms with Crippen molar-refractivity contribution in [2.45, 2.75) is 31.2 Å². The molecule has 1 fully saturated rings. The minimum atomic E-state index is -4.34. The summed E-state index contributed by atoms with van der Waals surface area (Å²) < 4.78 is 43.3. The van der Waals surface area contributed by atoms with Crippen molar-refractivity contribution in [3.63, 3.8) is 0 Å². The average molecular weight is 324 g/mol. The van der Waals surface area contributed by atoms with Gasteiger partial charge in [-0.1, -0.05) is 15.9 Å². The van der Waals surface area contributed by atoms with Crippen LogP contribution in [0.4, 0.5) is 18.9 Å². The van der Waals surface area contributed by atoms with Gasteiger partial charge in [-0.05, 0) is 31.0 Å². The molecule has 1 aliphatic carbocycles. The lowest BCUT2D eigenvalue weighted by Gasteiger charge is -2.35. The van der Waals surface area contributed by atoms with Crippen molar-refractivity contribution in [3.05, 3.63) is 28.2 Å². The Labute approximate surface area is 112 Å². The van der Waals surface area contributed by atoms with Crippen LogP contribution in [0.2, 0.25) is 0 Å². The fourth-order valence-corrected chi connectivity index (χ4v) is 2.42. The summed E-state index contributed by atoms with van der Waals surface area (Å²) in [6, 6.07) is 4.37.